The Morgan fingerprint density at radius 3 is 3.14 bits per heavy atom. The predicted octanol–water partition coefficient (Wildman–Crippen LogP) is 0.918. The summed E-state index contributed by atoms with van der Waals surface area (Å²) in [6.07, 6.45) is 5.18. The van der Waals surface area contributed by atoms with E-state index in [0.717, 1.165) is 50.0 Å². The smallest absolute Gasteiger partial charge is 0.274 e. The Morgan fingerprint density at radius 1 is 1.48 bits per heavy atom. The van der Waals surface area contributed by atoms with E-state index < -0.39 is 0 Å². The number of methoxy groups -OCH3 is 1. The van der Waals surface area contributed by atoms with E-state index in [2.05, 4.69) is 10.2 Å². The summed E-state index contributed by atoms with van der Waals surface area (Å²) in [6, 6.07) is 0. The average molecular weight is 291 g/mol. The van der Waals surface area contributed by atoms with Crippen molar-refractivity contribution < 1.29 is 14.3 Å². The fourth-order valence-corrected chi connectivity index (χ4v) is 3.84. The summed E-state index contributed by atoms with van der Waals surface area (Å²) in [7, 11) is 1.75. The highest BCUT2D eigenvalue weighted by Crippen LogP contribution is 2.36. The van der Waals surface area contributed by atoms with Gasteiger partial charge in [0.15, 0.2) is 5.69 Å². The molecule has 1 amide bonds. The first-order chi connectivity index (χ1) is 10.2. The van der Waals surface area contributed by atoms with Crippen molar-refractivity contribution in [1.29, 1.82) is 0 Å². The maximum absolute atomic E-state index is 12.6. The molecule has 1 aromatic rings. The summed E-state index contributed by atoms with van der Waals surface area (Å²) in [4.78, 5) is 14.4. The van der Waals surface area contributed by atoms with E-state index in [1.54, 1.807) is 7.11 Å². The highest BCUT2D eigenvalue weighted by atomic mass is 16.5. The number of aromatic nitrogens is 2. The van der Waals surface area contributed by atoms with Crippen LogP contribution in [-0.4, -0.2) is 59.5 Å². The lowest BCUT2D eigenvalue weighted by atomic mass is 9.84. The second-order valence-electron chi connectivity index (χ2n) is 6.43. The Balaban J connectivity index is 1.44. The van der Waals surface area contributed by atoms with Crippen molar-refractivity contribution in [2.45, 2.75) is 43.8 Å². The molecular weight excluding hydrogens is 270 g/mol. The molecular formula is C15H21N3O3. The molecule has 21 heavy (non-hydrogen) atoms. The van der Waals surface area contributed by atoms with Crippen molar-refractivity contribution in [3.63, 3.8) is 0 Å². The minimum atomic E-state index is -0.186. The maximum atomic E-state index is 12.6. The van der Waals surface area contributed by atoms with Crippen LogP contribution in [0.4, 0.5) is 0 Å². The summed E-state index contributed by atoms with van der Waals surface area (Å²) in [5.74, 6) is 0.0446. The highest BCUT2D eigenvalue weighted by Gasteiger charge is 2.50. The van der Waals surface area contributed by atoms with Crippen LogP contribution in [0.3, 0.4) is 0 Å². The van der Waals surface area contributed by atoms with Crippen molar-refractivity contribution in [3.8, 4) is 0 Å². The number of rotatable bonds is 2. The van der Waals surface area contributed by atoms with Crippen LogP contribution in [0.2, 0.25) is 0 Å². The molecule has 0 bridgehead atoms. The Kier molecular flexibility index (Phi) is 3.04. The summed E-state index contributed by atoms with van der Waals surface area (Å²) >= 11 is 0. The van der Waals surface area contributed by atoms with Crippen LogP contribution in [0.5, 0.6) is 0 Å². The Hall–Kier alpha value is -1.40. The average Bonchev–Trinajstić information content (AvgIpc) is 3.06. The maximum Gasteiger partial charge on any atom is 0.274 e. The Morgan fingerprint density at radius 2 is 2.33 bits per heavy atom. The van der Waals surface area contributed by atoms with E-state index in [1.165, 1.54) is 0 Å². The van der Waals surface area contributed by atoms with Gasteiger partial charge in [0.25, 0.3) is 5.91 Å². The molecule has 2 fully saturated rings. The number of amides is 1. The van der Waals surface area contributed by atoms with Gasteiger partial charge in [-0.05, 0) is 25.7 Å². The van der Waals surface area contributed by atoms with E-state index in [9.17, 15) is 4.79 Å². The monoisotopic (exact) mass is 291 g/mol. The van der Waals surface area contributed by atoms with E-state index >= 15 is 0 Å². The molecule has 2 aliphatic heterocycles. The topological polar surface area (TPSA) is 67.5 Å². The van der Waals surface area contributed by atoms with E-state index in [0.29, 0.717) is 18.8 Å². The van der Waals surface area contributed by atoms with Crippen LogP contribution in [0.15, 0.2) is 0 Å². The SMILES string of the molecule is CO[C@@H]1CCOC2(C1)CN(C(=O)c1n[nH]c3c1CCC3)C2. The van der Waals surface area contributed by atoms with Crippen LogP contribution in [0.1, 0.15) is 41.0 Å². The predicted molar refractivity (Wildman–Crippen MR) is 75.2 cm³/mol. The van der Waals surface area contributed by atoms with Crippen molar-refractivity contribution in [1.82, 2.24) is 15.1 Å². The fraction of sp³-hybridized carbons (Fsp3) is 0.733. The second-order valence-corrected chi connectivity index (χ2v) is 6.43. The third kappa shape index (κ3) is 2.08. The Bertz CT molecular complexity index is 563. The number of fused-ring (bicyclic) bond motifs is 1. The van der Waals surface area contributed by atoms with Crippen molar-refractivity contribution in [3.05, 3.63) is 17.0 Å². The minimum Gasteiger partial charge on any atom is -0.381 e. The first kappa shape index (κ1) is 13.3. The van der Waals surface area contributed by atoms with Gasteiger partial charge in [0.1, 0.15) is 5.60 Å². The third-order valence-corrected chi connectivity index (χ3v) is 5.04. The number of hydrogen-bond donors (Lipinski definition) is 1. The number of carbonyl (C=O) groups is 1. The fourth-order valence-electron chi connectivity index (χ4n) is 3.84. The molecule has 3 heterocycles. The molecule has 2 saturated heterocycles. The molecule has 0 saturated carbocycles. The molecule has 3 aliphatic rings. The van der Waals surface area contributed by atoms with Gasteiger partial charge in [-0.3, -0.25) is 9.89 Å². The summed E-state index contributed by atoms with van der Waals surface area (Å²) in [5.41, 5.74) is 2.70. The lowest BCUT2D eigenvalue weighted by Crippen LogP contribution is -2.67. The summed E-state index contributed by atoms with van der Waals surface area (Å²) < 4.78 is 11.4. The molecule has 114 valence electrons. The molecule has 4 rings (SSSR count). The van der Waals surface area contributed by atoms with E-state index in [4.69, 9.17) is 9.47 Å². The molecule has 0 unspecified atom stereocenters. The number of hydrogen-bond acceptors (Lipinski definition) is 4. The standard InChI is InChI=1S/C15H21N3O3/c1-20-10-5-6-21-15(7-10)8-18(9-15)14(19)13-11-3-2-4-12(11)16-17-13/h10H,2-9H2,1H3,(H,16,17)/t10-/m1/s1. The zero-order valence-electron chi connectivity index (χ0n) is 12.4. The van der Waals surface area contributed by atoms with E-state index in [1.807, 2.05) is 4.90 Å². The van der Waals surface area contributed by atoms with E-state index in [-0.39, 0.29) is 17.6 Å². The summed E-state index contributed by atoms with van der Waals surface area (Å²) in [6.45, 7) is 2.04. The Labute approximate surface area is 123 Å². The molecule has 1 aromatic heterocycles. The number of aryl methyl sites for hydroxylation is 1. The molecule has 6 heteroatoms. The lowest BCUT2D eigenvalue weighted by Gasteiger charge is -2.52. The number of nitrogens with one attached hydrogen (secondary N) is 1. The number of H-pyrrole nitrogens is 1. The van der Waals surface area contributed by atoms with Gasteiger partial charge >= 0.3 is 0 Å². The van der Waals surface area contributed by atoms with Gasteiger partial charge < -0.3 is 14.4 Å². The number of carbonyl (C=O) groups excluding carboxylic acids is 1. The molecule has 1 N–H and O–H groups in total. The molecule has 6 nitrogen and oxygen atoms in total. The van der Waals surface area contributed by atoms with Gasteiger partial charge in [-0.2, -0.15) is 5.10 Å². The van der Waals surface area contributed by atoms with Crippen molar-refractivity contribution >= 4 is 5.91 Å². The number of likely N-dealkylation sites (tertiary alicyclic amines) is 1. The van der Waals surface area contributed by atoms with Gasteiger partial charge in [-0.1, -0.05) is 0 Å². The molecule has 1 aliphatic carbocycles. The number of ether oxygens (including phenoxy) is 2. The van der Waals surface area contributed by atoms with Gasteiger partial charge in [-0.15, -0.1) is 0 Å². The first-order valence-corrected chi connectivity index (χ1v) is 7.73. The summed E-state index contributed by atoms with van der Waals surface area (Å²) in [5, 5.41) is 7.23. The van der Waals surface area contributed by atoms with Crippen LogP contribution < -0.4 is 0 Å². The zero-order valence-corrected chi connectivity index (χ0v) is 12.4. The van der Waals surface area contributed by atoms with Crippen molar-refractivity contribution in [2.24, 2.45) is 0 Å². The van der Waals surface area contributed by atoms with Crippen LogP contribution >= 0.6 is 0 Å². The largest absolute Gasteiger partial charge is 0.381 e. The molecule has 0 aromatic carbocycles. The lowest BCUT2D eigenvalue weighted by molar-refractivity contribution is -0.182. The first-order valence-electron chi connectivity index (χ1n) is 7.73. The normalized spacial score (nSPS) is 26.7. The van der Waals surface area contributed by atoms with Gasteiger partial charge in [0.2, 0.25) is 0 Å². The van der Waals surface area contributed by atoms with Gasteiger partial charge in [0, 0.05) is 31.4 Å². The van der Waals surface area contributed by atoms with Gasteiger partial charge in [0.05, 0.1) is 19.2 Å². The third-order valence-electron chi connectivity index (χ3n) is 5.04. The zero-order chi connectivity index (χ0) is 14.4. The molecule has 1 atom stereocenters. The highest BCUT2D eigenvalue weighted by molar-refractivity contribution is 5.94. The second kappa shape index (κ2) is 4.81. The van der Waals surface area contributed by atoms with Crippen LogP contribution in [-0.2, 0) is 22.3 Å². The van der Waals surface area contributed by atoms with Crippen LogP contribution in [0.25, 0.3) is 0 Å². The van der Waals surface area contributed by atoms with Gasteiger partial charge in [-0.25, -0.2) is 0 Å². The van der Waals surface area contributed by atoms with Crippen LogP contribution in [0, 0.1) is 0 Å². The number of aromatic amines is 1. The quantitative estimate of drug-likeness (QED) is 0.880. The van der Waals surface area contributed by atoms with Crippen molar-refractivity contribution in [2.75, 3.05) is 26.8 Å². The molecule has 1 spiro atoms. The number of nitrogens with zero attached hydrogens (tertiary/aromatic N) is 2. The minimum absolute atomic E-state index is 0.0446. The molecule has 0 radical (unpaired) electrons.